The molecule has 1 amide bonds. The summed E-state index contributed by atoms with van der Waals surface area (Å²) < 4.78 is 17.0. The second-order valence-electron chi connectivity index (χ2n) is 10.2. The van der Waals surface area contributed by atoms with Gasteiger partial charge >= 0.3 is 0 Å². The monoisotopic (exact) mass is 501 g/mol. The molecule has 192 valence electrons. The summed E-state index contributed by atoms with van der Waals surface area (Å²) in [4.78, 5) is 25.6. The topological polar surface area (TPSA) is 124 Å². The number of ether oxygens (including phenoxy) is 3. The molecular weight excluding hydrogens is 470 g/mol. The number of allylic oxidation sites excluding steroid dienone is 3. The van der Waals surface area contributed by atoms with Gasteiger partial charge in [-0.1, -0.05) is 26.0 Å². The molecule has 1 aliphatic heterocycles. The number of nitrogens with one attached hydrogen (secondary N) is 1. The van der Waals surface area contributed by atoms with E-state index in [0.29, 0.717) is 46.9 Å². The van der Waals surface area contributed by atoms with E-state index in [1.807, 2.05) is 45.9 Å². The van der Waals surface area contributed by atoms with E-state index >= 15 is 0 Å². The van der Waals surface area contributed by atoms with E-state index in [9.17, 15) is 14.9 Å². The Morgan fingerprint density at radius 3 is 2.59 bits per heavy atom. The second kappa shape index (κ2) is 10.0. The number of hydrogen-bond acceptors (Lipinski definition) is 7. The zero-order valence-corrected chi connectivity index (χ0v) is 21.7. The van der Waals surface area contributed by atoms with Crippen LogP contribution in [0.5, 0.6) is 11.5 Å². The number of carbonyl (C=O) groups is 2. The maximum Gasteiger partial charge on any atom is 0.262 e. The summed E-state index contributed by atoms with van der Waals surface area (Å²) >= 11 is 0. The average Bonchev–Trinajstić information content (AvgIpc) is 2.83. The van der Waals surface area contributed by atoms with Gasteiger partial charge in [0.2, 0.25) is 5.88 Å². The molecule has 0 saturated heterocycles. The van der Waals surface area contributed by atoms with Crippen LogP contribution >= 0.6 is 0 Å². The standard InChI is InChI=1S/C29H31N3O5/c1-16-6-8-19(10-17(16)2)32-25(34)15-36-22-9-7-18(11-23(22)35-5)26-20(14-30)28(31)37-24-13-29(3,4)12-21(33)27(24)26/h6-11,26H,12-13,15,31H2,1-5H3,(H,32,34)/t26-/m1/s1. The van der Waals surface area contributed by atoms with Gasteiger partial charge in [0.15, 0.2) is 23.9 Å². The van der Waals surface area contributed by atoms with E-state index in [-0.39, 0.29) is 35.2 Å². The minimum absolute atomic E-state index is 0.000873. The van der Waals surface area contributed by atoms with Crippen LogP contribution in [0.3, 0.4) is 0 Å². The van der Waals surface area contributed by atoms with E-state index in [1.165, 1.54) is 7.11 Å². The van der Waals surface area contributed by atoms with Gasteiger partial charge in [0.25, 0.3) is 5.91 Å². The summed E-state index contributed by atoms with van der Waals surface area (Å²) in [6.45, 7) is 7.76. The number of methoxy groups -OCH3 is 1. The molecule has 8 heteroatoms. The molecule has 0 unspecified atom stereocenters. The number of carbonyl (C=O) groups excluding carboxylic acids is 2. The second-order valence-corrected chi connectivity index (χ2v) is 10.2. The first-order chi connectivity index (χ1) is 17.5. The molecule has 0 bridgehead atoms. The van der Waals surface area contributed by atoms with E-state index in [2.05, 4.69) is 11.4 Å². The Kier molecular flexibility index (Phi) is 6.99. The summed E-state index contributed by atoms with van der Waals surface area (Å²) in [6, 6.07) is 12.9. The Balaban J connectivity index is 1.58. The van der Waals surface area contributed by atoms with Crippen molar-refractivity contribution in [3.8, 4) is 17.6 Å². The third kappa shape index (κ3) is 5.31. The van der Waals surface area contributed by atoms with Crippen LogP contribution in [0.2, 0.25) is 0 Å². The number of ketones is 1. The van der Waals surface area contributed by atoms with Crippen molar-refractivity contribution in [1.82, 2.24) is 0 Å². The first kappa shape index (κ1) is 25.8. The number of nitriles is 1. The maximum atomic E-state index is 13.2. The van der Waals surface area contributed by atoms with Crippen molar-refractivity contribution in [2.45, 2.75) is 46.5 Å². The third-order valence-electron chi connectivity index (χ3n) is 6.75. The van der Waals surface area contributed by atoms with E-state index in [0.717, 1.165) is 11.1 Å². The minimum Gasteiger partial charge on any atom is -0.493 e. The Morgan fingerprint density at radius 1 is 1.16 bits per heavy atom. The van der Waals surface area contributed by atoms with Gasteiger partial charge in [-0.2, -0.15) is 5.26 Å². The SMILES string of the molecule is COc1cc([C@@H]2C(C#N)=C(N)OC3=C2C(=O)CC(C)(C)C3)ccc1OCC(=O)Nc1ccc(C)c(C)c1. The van der Waals surface area contributed by atoms with Crippen LogP contribution in [0, 0.1) is 30.6 Å². The van der Waals surface area contributed by atoms with Crippen LogP contribution in [-0.2, 0) is 14.3 Å². The number of nitrogens with two attached hydrogens (primary N) is 1. The molecule has 0 spiro atoms. The first-order valence-electron chi connectivity index (χ1n) is 12.0. The molecule has 8 nitrogen and oxygen atoms in total. The molecule has 2 aromatic rings. The highest BCUT2D eigenvalue weighted by Gasteiger charge is 2.43. The number of aryl methyl sites for hydroxylation is 2. The highest BCUT2D eigenvalue weighted by Crippen LogP contribution is 2.48. The smallest absolute Gasteiger partial charge is 0.262 e. The van der Waals surface area contributed by atoms with Crippen molar-refractivity contribution < 1.29 is 23.8 Å². The molecule has 2 aromatic carbocycles. The number of nitrogens with zero attached hydrogens (tertiary/aromatic N) is 1. The van der Waals surface area contributed by atoms with Crippen molar-refractivity contribution in [2.75, 3.05) is 19.0 Å². The number of hydrogen-bond donors (Lipinski definition) is 2. The summed E-state index contributed by atoms with van der Waals surface area (Å²) in [6.07, 6.45) is 0.885. The van der Waals surface area contributed by atoms with Gasteiger partial charge in [-0.25, -0.2) is 0 Å². The van der Waals surface area contributed by atoms with Gasteiger partial charge in [0.05, 0.1) is 13.0 Å². The molecule has 4 rings (SSSR count). The summed E-state index contributed by atoms with van der Waals surface area (Å²) in [5.41, 5.74) is 10.0. The van der Waals surface area contributed by atoms with Gasteiger partial charge in [-0.3, -0.25) is 9.59 Å². The highest BCUT2D eigenvalue weighted by atomic mass is 16.5. The van der Waals surface area contributed by atoms with Crippen molar-refractivity contribution in [3.05, 3.63) is 75.9 Å². The fraction of sp³-hybridized carbons (Fsp3) is 0.345. The van der Waals surface area contributed by atoms with Crippen LogP contribution in [-0.4, -0.2) is 25.4 Å². The highest BCUT2D eigenvalue weighted by molar-refractivity contribution is 6.00. The van der Waals surface area contributed by atoms with Crippen LogP contribution in [0.25, 0.3) is 0 Å². The van der Waals surface area contributed by atoms with Gasteiger partial charge in [0, 0.05) is 24.1 Å². The lowest BCUT2D eigenvalue weighted by Gasteiger charge is -2.37. The van der Waals surface area contributed by atoms with Crippen molar-refractivity contribution in [3.63, 3.8) is 0 Å². The van der Waals surface area contributed by atoms with Crippen LogP contribution < -0.4 is 20.5 Å². The molecule has 3 N–H and O–H groups in total. The Hall–Kier alpha value is -4.25. The number of Topliss-reactive ketones (excluding diaryl/α,β-unsaturated/α-hetero) is 1. The molecule has 1 heterocycles. The Bertz CT molecular complexity index is 1380. The molecular formula is C29H31N3O5. The number of amides is 1. The molecule has 0 aromatic heterocycles. The molecule has 37 heavy (non-hydrogen) atoms. The van der Waals surface area contributed by atoms with Gasteiger partial charge in [-0.05, 0) is 60.2 Å². The predicted octanol–water partition coefficient (Wildman–Crippen LogP) is 4.78. The van der Waals surface area contributed by atoms with E-state index < -0.39 is 5.92 Å². The third-order valence-corrected chi connectivity index (χ3v) is 6.75. The molecule has 0 saturated carbocycles. The van der Waals surface area contributed by atoms with Gasteiger partial charge in [0.1, 0.15) is 17.4 Å². The molecule has 0 radical (unpaired) electrons. The van der Waals surface area contributed by atoms with Crippen LogP contribution in [0.4, 0.5) is 5.69 Å². The Morgan fingerprint density at radius 2 is 1.92 bits per heavy atom. The fourth-order valence-corrected chi connectivity index (χ4v) is 4.76. The predicted molar refractivity (Wildman–Crippen MR) is 139 cm³/mol. The lowest BCUT2D eigenvalue weighted by molar-refractivity contribution is -0.119. The Labute approximate surface area is 216 Å². The zero-order chi connectivity index (χ0) is 26.9. The van der Waals surface area contributed by atoms with Gasteiger partial charge < -0.3 is 25.3 Å². The number of anilines is 1. The molecule has 1 aliphatic carbocycles. The van der Waals surface area contributed by atoms with Crippen molar-refractivity contribution in [1.29, 1.82) is 5.26 Å². The first-order valence-corrected chi connectivity index (χ1v) is 12.0. The molecule has 0 fully saturated rings. The quantitative estimate of drug-likeness (QED) is 0.584. The normalized spacial score (nSPS) is 18.5. The van der Waals surface area contributed by atoms with E-state index in [1.54, 1.807) is 18.2 Å². The lowest BCUT2D eigenvalue weighted by atomic mass is 9.70. The summed E-state index contributed by atoms with van der Waals surface area (Å²) in [7, 11) is 1.49. The average molecular weight is 502 g/mol. The largest absolute Gasteiger partial charge is 0.493 e. The minimum atomic E-state index is -0.673. The molecule has 2 aliphatic rings. The van der Waals surface area contributed by atoms with Gasteiger partial charge in [-0.15, -0.1) is 0 Å². The van der Waals surface area contributed by atoms with Crippen LogP contribution in [0.15, 0.2) is 59.2 Å². The lowest BCUT2D eigenvalue weighted by Crippen LogP contribution is -2.33. The maximum absolute atomic E-state index is 13.2. The zero-order valence-electron chi connectivity index (χ0n) is 21.7. The molecule has 1 atom stereocenters. The number of rotatable bonds is 6. The summed E-state index contributed by atoms with van der Waals surface area (Å²) in [5, 5.41) is 12.7. The van der Waals surface area contributed by atoms with Crippen molar-refractivity contribution in [2.24, 2.45) is 11.1 Å². The number of benzene rings is 2. The van der Waals surface area contributed by atoms with Crippen LogP contribution in [0.1, 0.15) is 49.3 Å². The van der Waals surface area contributed by atoms with E-state index in [4.69, 9.17) is 19.9 Å². The summed E-state index contributed by atoms with van der Waals surface area (Å²) in [5.74, 6) is 0.168. The fourth-order valence-electron chi connectivity index (χ4n) is 4.76. The van der Waals surface area contributed by atoms with Crippen molar-refractivity contribution >= 4 is 17.4 Å².